The molecule has 44 heavy (non-hydrogen) atoms. The maximum absolute atomic E-state index is 15.5. The molecule has 3 heterocycles. The Morgan fingerprint density at radius 2 is 1.61 bits per heavy atom. The number of nitrogens with zero attached hydrogens (tertiary/aromatic N) is 3. The zero-order valence-corrected chi connectivity index (χ0v) is 25.0. The summed E-state index contributed by atoms with van der Waals surface area (Å²) in [6.45, 7) is 3.29. The normalized spacial score (nSPS) is 22.2. The van der Waals surface area contributed by atoms with E-state index in [-0.39, 0.29) is 29.8 Å². The molecule has 3 fully saturated rings. The van der Waals surface area contributed by atoms with Crippen molar-refractivity contribution in [2.24, 2.45) is 5.92 Å². The molecule has 2 unspecified atom stereocenters. The van der Waals surface area contributed by atoms with E-state index in [0.29, 0.717) is 61.5 Å². The summed E-state index contributed by atoms with van der Waals surface area (Å²) in [5.74, 6) is -0.213. The van der Waals surface area contributed by atoms with Crippen molar-refractivity contribution in [3.63, 3.8) is 0 Å². The Hall–Kier alpha value is -3.34. The highest BCUT2D eigenvalue weighted by atomic mass is 35.5. The molecular formula is C33H35ClF4N4O2. The maximum atomic E-state index is 15.5. The molecule has 11 heteroatoms. The van der Waals surface area contributed by atoms with Crippen LogP contribution in [0.3, 0.4) is 0 Å². The van der Waals surface area contributed by atoms with Crippen LogP contribution >= 0.6 is 11.6 Å². The van der Waals surface area contributed by atoms with E-state index in [0.717, 1.165) is 43.4 Å². The maximum Gasteiger partial charge on any atom is 0.416 e. The van der Waals surface area contributed by atoms with Gasteiger partial charge in [0.1, 0.15) is 5.82 Å². The fourth-order valence-corrected chi connectivity index (χ4v) is 6.94. The predicted octanol–water partition coefficient (Wildman–Crippen LogP) is 7.82. The molecule has 0 aromatic heterocycles. The first-order valence-corrected chi connectivity index (χ1v) is 15.4. The number of carbonyl (C=O) groups excluding carboxylic acids is 1. The highest BCUT2D eigenvalue weighted by Gasteiger charge is 2.41. The van der Waals surface area contributed by atoms with Gasteiger partial charge in [0.15, 0.2) is 0 Å². The topological polar surface area (TPSA) is 48.1 Å². The molecule has 2 amide bonds. The number of benzene rings is 3. The van der Waals surface area contributed by atoms with Gasteiger partial charge in [0.05, 0.1) is 24.5 Å². The summed E-state index contributed by atoms with van der Waals surface area (Å²) < 4.78 is 60.0. The molecule has 3 aromatic rings. The van der Waals surface area contributed by atoms with Crippen LogP contribution in [0, 0.1) is 11.7 Å². The number of carbonyl (C=O) groups is 1. The minimum atomic E-state index is -4.35. The molecule has 3 aromatic carbocycles. The Morgan fingerprint density at radius 1 is 0.955 bits per heavy atom. The fraction of sp³-hybridized carbons (Fsp3) is 0.424. The number of halogens is 5. The van der Waals surface area contributed by atoms with Gasteiger partial charge in [-0.3, -0.25) is 9.80 Å². The smallest absolute Gasteiger partial charge is 0.378 e. The first kappa shape index (κ1) is 30.7. The third-order valence-corrected chi connectivity index (χ3v) is 9.26. The van der Waals surface area contributed by atoms with Gasteiger partial charge in [-0.05, 0) is 91.8 Å². The molecule has 3 aliphatic heterocycles. The van der Waals surface area contributed by atoms with Crippen molar-refractivity contribution in [1.82, 2.24) is 4.90 Å². The molecule has 6 rings (SSSR count). The van der Waals surface area contributed by atoms with Gasteiger partial charge in [-0.1, -0.05) is 23.7 Å². The van der Waals surface area contributed by atoms with Crippen LogP contribution in [0.1, 0.15) is 36.8 Å². The second kappa shape index (κ2) is 12.9. The van der Waals surface area contributed by atoms with Crippen LogP contribution in [0.5, 0.6) is 0 Å². The number of fused-ring (bicyclic) bond motifs is 2. The van der Waals surface area contributed by atoms with E-state index in [1.807, 2.05) is 4.90 Å². The largest absolute Gasteiger partial charge is 0.416 e. The van der Waals surface area contributed by atoms with Crippen LogP contribution in [0.2, 0.25) is 5.02 Å². The van der Waals surface area contributed by atoms with E-state index in [1.54, 1.807) is 53.4 Å². The minimum Gasteiger partial charge on any atom is -0.378 e. The lowest BCUT2D eigenvalue weighted by molar-refractivity contribution is -0.137. The van der Waals surface area contributed by atoms with Crippen LogP contribution < -0.4 is 15.1 Å². The van der Waals surface area contributed by atoms with Crippen molar-refractivity contribution in [1.29, 1.82) is 0 Å². The summed E-state index contributed by atoms with van der Waals surface area (Å²) in [4.78, 5) is 19.7. The van der Waals surface area contributed by atoms with E-state index in [4.69, 9.17) is 16.3 Å². The summed E-state index contributed by atoms with van der Waals surface area (Å²) >= 11 is 6.03. The third-order valence-electron chi connectivity index (χ3n) is 9.00. The Labute approximate surface area is 259 Å². The second-order valence-electron chi connectivity index (χ2n) is 11.9. The van der Waals surface area contributed by atoms with Gasteiger partial charge < -0.3 is 15.0 Å². The van der Waals surface area contributed by atoms with Gasteiger partial charge >= 0.3 is 12.2 Å². The highest BCUT2D eigenvalue weighted by Crippen LogP contribution is 2.41. The standard InChI is InChI=1S/C33H35ClF4N4O2/c34-25-5-7-26(8-6-25)39-32(43)42(29-11-12-31(30(35)19-29)40-13-15-44-16-14-40)21-23-17-27-9-10-28(18-23)41(27)20-22-1-3-24(4-2-22)33(36,37)38/h1-8,11-12,19,23,27-28H,9-10,13-18,20-21H2,(H,39,43). The molecular weight excluding hydrogens is 596 g/mol. The Kier molecular flexibility index (Phi) is 9.03. The third kappa shape index (κ3) is 6.98. The number of ether oxygens (including phenoxy) is 1. The van der Waals surface area contributed by atoms with Crippen LogP contribution in [0.4, 0.5) is 39.4 Å². The lowest BCUT2D eigenvalue weighted by Gasteiger charge is -2.40. The number of hydrogen-bond donors (Lipinski definition) is 1. The molecule has 6 nitrogen and oxygen atoms in total. The number of morpholine rings is 1. The van der Waals surface area contributed by atoms with Gasteiger partial charge in [-0.2, -0.15) is 13.2 Å². The van der Waals surface area contributed by atoms with Crippen LogP contribution in [0.25, 0.3) is 0 Å². The number of alkyl halides is 3. The first-order chi connectivity index (χ1) is 21.1. The van der Waals surface area contributed by atoms with Crippen molar-refractivity contribution < 1.29 is 27.1 Å². The van der Waals surface area contributed by atoms with Crippen LogP contribution in [-0.4, -0.2) is 55.9 Å². The molecule has 1 N–H and O–H groups in total. The van der Waals surface area contributed by atoms with Crippen LogP contribution in [-0.2, 0) is 17.5 Å². The van der Waals surface area contributed by atoms with E-state index in [1.165, 1.54) is 6.07 Å². The quantitative estimate of drug-likeness (QED) is 0.271. The van der Waals surface area contributed by atoms with Gasteiger partial charge in [0, 0.05) is 54.7 Å². The Balaban J connectivity index is 1.18. The van der Waals surface area contributed by atoms with Crippen molar-refractivity contribution in [2.45, 2.75) is 50.5 Å². The number of urea groups is 1. The Morgan fingerprint density at radius 3 is 2.23 bits per heavy atom. The van der Waals surface area contributed by atoms with Gasteiger partial charge in [-0.25, -0.2) is 9.18 Å². The van der Waals surface area contributed by atoms with Crippen molar-refractivity contribution >= 4 is 34.7 Å². The number of rotatable bonds is 7. The number of hydrogen-bond acceptors (Lipinski definition) is 4. The van der Waals surface area contributed by atoms with Crippen molar-refractivity contribution in [2.75, 3.05) is 48.0 Å². The molecule has 3 aliphatic rings. The number of amides is 2. The van der Waals surface area contributed by atoms with E-state index < -0.39 is 11.7 Å². The molecule has 2 atom stereocenters. The van der Waals surface area contributed by atoms with E-state index in [2.05, 4.69) is 10.2 Å². The fourth-order valence-electron chi connectivity index (χ4n) is 6.82. The zero-order chi connectivity index (χ0) is 30.8. The second-order valence-corrected chi connectivity index (χ2v) is 12.3. The number of piperidine rings is 1. The van der Waals surface area contributed by atoms with E-state index in [9.17, 15) is 18.0 Å². The molecule has 2 bridgehead atoms. The summed E-state index contributed by atoms with van der Waals surface area (Å²) in [5, 5.41) is 3.49. The lowest BCUT2D eigenvalue weighted by atomic mass is 9.89. The predicted molar refractivity (Wildman–Crippen MR) is 164 cm³/mol. The summed E-state index contributed by atoms with van der Waals surface area (Å²) in [5.41, 5.74) is 1.76. The van der Waals surface area contributed by atoms with E-state index >= 15 is 4.39 Å². The summed E-state index contributed by atoms with van der Waals surface area (Å²) in [6.07, 6.45) is -0.664. The minimum absolute atomic E-state index is 0.175. The summed E-state index contributed by atoms with van der Waals surface area (Å²) in [6, 6.07) is 17.4. The molecule has 3 saturated heterocycles. The average Bonchev–Trinajstić information content (AvgIpc) is 3.23. The molecule has 0 radical (unpaired) electrons. The zero-order valence-electron chi connectivity index (χ0n) is 24.2. The van der Waals surface area contributed by atoms with Crippen molar-refractivity contribution in [3.8, 4) is 0 Å². The molecule has 0 spiro atoms. The average molecular weight is 631 g/mol. The van der Waals surface area contributed by atoms with Gasteiger partial charge in [0.2, 0.25) is 0 Å². The number of nitrogens with one attached hydrogen (secondary N) is 1. The van der Waals surface area contributed by atoms with Crippen molar-refractivity contribution in [3.05, 3.63) is 88.7 Å². The molecule has 0 saturated carbocycles. The first-order valence-electron chi connectivity index (χ1n) is 15.0. The van der Waals surface area contributed by atoms with Gasteiger partial charge in [0.25, 0.3) is 0 Å². The highest BCUT2D eigenvalue weighted by molar-refractivity contribution is 6.30. The molecule has 0 aliphatic carbocycles. The van der Waals surface area contributed by atoms with Crippen LogP contribution in [0.15, 0.2) is 66.7 Å². The van der Waals surface area contributed by atoms with Gasteiger partial charge in [-0.15, -0.1) is 0 Å². The monoisotopic (exact) mass is 630 g/mol. The SMILES string of the molecule is O=C(Nc1ccc(Cl)cc1)N(CC1CC2CCC(C1)N2Cc1ccc(C(F)(F)F)cc1)c1ccc(N2CCOCC2)c(F)c1. The Bertz CT molecular complexity index is 1430. The summed E-state index contributed by atoms with van der Waals surface area (Å²) in [7, 11) is 0. The number of anilines is 3. The molecule has 234 valence electrons. The lowest BCUT2D eigenvalue weighted by Crippen LogP contribution is -2.47.